The highest BCUT2D eigenvalue weighted by Gasteiger charge is 2.22. The lowest BCUT2D eigenvalue weighted by Crippen LogP contribution is -2.45. The Morgan fingerprint density at radius 1 is 1.28 bits per heavy atom. The van der Waals surface area contributed by atoms with Crippen LogP contribution in [0.3, 0.4) is 0 Å². The van der Waals surface area contributed by atoms with E-state index in [2.05, 4.69) is 11.4 Å². The first-order valence-corrected chi connectivity index (χ1v) is 8.70. The molecule has 0 fully saturated rings. The monoisotopic (exact) mass is 340 g/mol. The molecular formula is C20H24N2O3. The standard InChI is InChI=1S/C20H24N2O3/c23-18(19-12-7-13-25-19)15-22(14-16-8-3-1-4-9-16)20(24)21-17-10-5-2-6-11-17/h1,3-5,7-10,12-13,17-18,23H,2,6,11,14-15H2,(H,21,24). The molecule has 2 aromatic rings. The molecule has 2 atom stereocenters. The number of nitrogens with zero attached hydrogens (tertiary/aromatic N) is 1. The molecule has 2 N–H and O–H groups in total. The minimum Gasteiger partial charge on any atom is -0.467 e. The van der Waals surface area contributed by atoms with Crippen LogP contribution in [0.25, 0.3) is 0 Å². The van der Waals surface area contributed by atoms with Crippen LogP contribution in [0.5, 0.6) is 0 Å². The van der Waals surface area contributed by atoms with Gasteiger partial charge in [-0.25, -0.2) is 4.79 Å². The van der Waals surface area contributed by atoms with Crippen LogP contribution >= 0.6 is 0 Å². The normalized spacial score (nSPS) is 17.9. The lowest BCUT2D eigenvalue weighted by molar-refractivity contribution is 0.100. The molecule has 0 radical (unpaired) electrons. The molecule has 0 spiro atoms. The van der Waals surface area contributed by atoms with Gasteiger partial charge < -0.3 is 19.7 Å². The van der Waals surface area contributed by atoms with Gasteiger partial charge in [0.2, 0.25) is 0 Å². The van der Waals surface area contributed by atoms with Gasteiger partial charge in [-0.1, -0.05) is 42.5 Å². The number of hydrogen-bond donors (Lipinski definition) is 2. The molecule has 5 heteroatoms. The Bertz CT molecular complexity index is 682. The Morgan fingerprint density at radius 2 is 2.12 bits per heavy atom. The topological polar surface area (TPSA) is 65.7 Å². The SMILES string of the molecule is O=C(NC1C=CCCC1)N(Cc1ccccc1)CC(O)c1ccco1. The van der Waals surface area contributed by atoms with E-state index in [1.54, 1.807) is 17.0 Å². The fourth-order valence-electron chi connectivity index (χ4n) is 2.99. The largest absolute Gasteiger partial charge is 0.467 e. The van der Waals surface area contributed by atoms with E-state index >= 15 is 0 Å². The molecule has 1 aromatic carbocycles. The van der Waals surface area contributed by atoms with E-state index in [0.29, 0.717) is 12.3 Å². The van der Waals surface area contributed by atoms with E-state index in [-0.39, 0.29) is 18.6 Å². The highest BCUT2D eigenvalue weighted by molar-refractivity contribution is 5.75. The van der Waals surface area contributed by atoms with Crippen molar-refractivity contribution in [2.45, 2.75) is 38.0 Å². The van der Waals surface area contributed by atoms with E-state index in [1.165, 1.54) is 6.26 Å². The van der Waals surface area contributed by atoms with E-state index in [4.69, 9.17) is 4.42 Å². The minimum absolute atomic E-state index is 0.0558. The van der Waals surface area contributed by atoms with Crippen molar-refractivity contribution in [2.75, 3.05) is 6.54 Å². The number of carbonyl (C=O) groups is 1. The Morgan fingerprint density at radius 3 is 2.80 bits per heavy atom. The van der Waals surface area contributed by atoms with E-state index in [1.807, 2.05) is 36.4 Å². The molecule has 0 saturated carbocycles. The number of amides is 2. The predicted molar refractivity (Wildman–Crippen MR) is 95.8 cm³/mol. The van der Waals surface area contributed by atoms with Gasteiger partial charge in [-0.2, -0.15) is 0 Å². The van der Waals surface area contributed by atoms with Crippen molar-refractivity contribution in [2.24, 2.45) is 0 Å². The number of carbonyl (C=O) groups excluding carboxylic acids is 1. The lowest BCUT2D eigenvalue weighted by atomic mass is 10.0. The molecule has 0 aliphatic heterocycles. The predicted octanol–water partition coefficient (Wildman–Crippen LogP) is 3.63. The Balaban J connectivity index is 1.69. The van der Waals surface area contributed by atoms with Crippen LogP contribution in [0, 0.1) is 0 Å². The van der Waals surface area contributed by atoms with Gasteiger partial charge in [0.05, 0.1) is 12.8 Å². The van der Waals surface area contributed by atoms with Gasteiger partial charge >= 0.3 is 6.03 Å². The summed E-state index contributed by atoms with van der Waals surface area (Å²) in [7, 11) is 0. The van der Waals surface area contributed by atoms with Crippen molar-refractivity contribution in [3.8, 4) is 0 Å². The summed E-state index contributed by atoms with van der Waals surface area (Å²) in [5.41, 5.74) is 1.02. The maximum atomic E-state index is 12.8. The summed E-state index contributed by atoms with van der Waals surface area (Å²) < 4.78 is 5.26. The van der Waals surface area contributed by atoms with E-state index in [0.717, 1.165) is 24.8 Å². The fourth-order valence-corrected chi connectivity index (χ4v) is 2.99. The van der Waals surface area contributed by atoms with Crippen LogP contribution in [0.15, 0.2) is 65.3 Å². The molecule has 5 nitrogen and oxygen atoms in total. The van der Waals surface area contributed by atoms with E-state index < -0.39 is 6.10 Å². The number of aliphatic hydroxyl groups excluding tert-OH is 1. The van der Waals surface area contributed by atoms with Crippen molar-refractivity contribution in [1.82, 2.24) is 10.2 Å². The molecule has 1 aliphatic carbocycles. The fraction of sp³-hybridized carbons (Fsp3) is 0.350. The molecule has 25 heavy (non-hydrogen) atoms. The average molecular weight is 340 g/mol. The molecule has 2 amide bonds. The first kappa shape index (κ1) is 17.3. The highest BCUT2D eigenvalue weighted by Crippen LogP contribution is 2.17. The molecule has 0 bridgehead atoms. The molecule has 2 unspecified atom stereocenters. The molecule has 3 rings (SSSR count). The summed E-state index contributed by atoms with van der Waals surface area (Å²) in [4.78, 5) is 14.4. The third-order valence-corrected chi connectivity index (χ3v) is 4.33. The molecule has 1 aromatic heterocycles. The molecule has 1 aliphatic rings. The van der Waals surface area contributed by atoms with Crippen molar-refractivity contribution >= 4 is 6.03 Å². The van der Waals surface area contributed by atoms with Gasteiger partial charge in [0, 0.05) is 12.6 Å². The zero-order valence-electron chi connectivity index (χ0n) is 14.2. The summed E-state index contributed by atoms with van der Waals surface area (Å²) in [6, 6.07) is 13.1. The number of rotatable bonds is 6. The third-order valence-electron chi connectivity index (χ3n) is 4.33. The van der Waals surface area contributed by atoms with Crippen molar-refractivity contribution < 1.29 is 14.3 Å². The van der Waals surface area contributed by atoms with E-state index in [9.17, 15) is 9.90 Å². The first-order valence-electron chi connectivity index (χ1n) is 8.70. The lowest BCUT2D eigenvalue weighted by Gasteiger charge is -2.28. The van der Waals surface area contributed by atoms with Crippen LogP contribution in [-0.4, -0.2) is 28.6 Å². The number of allylic oxidation sites excluding steroid dienone is 1. The van der Waals surface area contributed by atoms with Crippen molar-refractivity contribution in [1.29, 1.82) is 0 Å². The summed E-state index contributed by atoms with van der Waals surface area (Å²) in [5.74, 6) is 0.462. The molecule has 132 valence electrons. The summed E-state index contributed by atoms with van der Waals surface area (Å²) >= 11 is 0. The van der Waals surface area contributed by atoms with Gasteiger partial charge in [0.1, 0.15) is 11.9 Å². The minimum atomic E-state index is -0.855. The number of urea groups is 1. The van der Waals surface area contributed by atoms with Gasteiger partial charge in [0.15, 0.2) is 0 Å². The number of nitrogens with one attached hydrogen (secondary N) is 1. The van der Waals surface area contributed by atoms with Gasteiger partial charge in [-0.15, -0.1) is 0 Å². The second-order valence-corrected chi connectivity index (χ2v) is 6.31. The van der Waals surface area contributed by atoms with Crippen LogP contribution in [-0.2, 0) is 6.54 Å². The second-order valence-electron chi connectivity index (χ2n) is 6.31. The zero-order valence-corrected chi connectivity index (χ0v) is 14.2. The Labute approximate surface area is 148 Å². The highest BCUT2D eigenvalue weighted by atomic mass is 16.4. The second kappa shape index (κ2) is 8.53. The zero-order chi connectivity index (χ0) is 17.5. The van der Waals surface area contributed by atoms with Crippen LogP contribution in [0.1, 0.15) is 36.7 Å². The Kier molecular flexibility index (Phi) is 5.90. The van der Waals surface area contributed by atoms with Crippen LogP contribution in [0.2, 0.25) is 0 Å². The smallest absolute Gasteiger partial charge is 0.318 e. The molecule has 1 heterocycles. The number of aliphatic hydroxyl groups is 1. The summed E-state index contributed by atoms with van der Waals surface area (Å²) in [5, 5.41) is 13.4. The van der Waals surface area contributed by atoms with Crippen molar-refractivity contribution in [3.63, 3.8) is 0 Å². The first-order chi connectivity index (χ1) is 12.2. The van der Waals surface area contributed by atoms with Crippen LogP contribution in [0.4, 0.5) is 4.79 Å². The molecule has 0 saturated heterocycles. The molecular weight excluding hydrogens is 316 g/mol. The number of hydrogen-bond acceptors (Lipinski definition) is 3. The maximum Gasteiger partial charge on any atom is 0.318 e. The number of furan rings is 1. The quantitative estimate of drug-likeness (QED) is 0.789. The van der Waals surface area contributed by atoms with Gasteiger partial charge in [-0.05, 0) is 37.0 Å². The third kappa shape index (κ3) is 4.97. The Hall–Kier alpha value is -2.53. The van der Waals surface area contributed by atoms with Gasteiger partial charge in [-0.3, -0.25) is 0 Å². The maximum absolute atomic E-state index is 12.8. The van der Waals surface area contributed by atoms with Crippen molar-refractivity contribution in [3.05, 3.63) is 72.2 Å². The average Bonchev–Trinajstić information content (AvgIpc) is 3.18. The number of benzene rings is 1. The van der Waals surface area contributed by atoms with Crippen LogP contribution < -0.4 is 5.32 Å². The summed E-state index contributed by atoms with van der Waals surface area (Å²) in [6.07, 6.45) is 7.91. The summed E-state index contributed by atoms with van der Waals surface area (Å²) in [6.45, 7) is 0.603. The van der Waals surface area contributed by atoms with Gasteiger partial charge in [0.25, 0.3) is 0 Å².